The summed E-state index contributed by atoms with van der Waals surface area (Å²) < 4.78 is 20.3. The van der Waals surface area contributed by atoms with Crippen molar-refractivity contribution < 1.29 is 80.3 Å². The third-order valence-electron chi connectivity index (χ3n) is 9.27. The van der Waals surface area contributed by atoms with Crippen molar-refractivity contribution in [2.24, 2.45) is 0 Å². The van der Waals surface area contributed by atoms with E-state index in [0.717, 1.165) is 67.0 Å². The Kier molecular flexibility index (Phi) is 14.2. The minimum atomic E-state index is -1.08. The van der Waals surface area contributed by atoms with Gasteiger partial charge in [-0.05, 0) is 61.7 Å². The van der Waals surface area contributed by atoms with Crippen LogP contribution in [0.1, 0.15) is 53.8 Å². The molecule has 260 valence electrons. The van der Waals surface area contributed by atoms with Crippen molar-refractivity contribution in [3.63, 3.8) is 0 Å². The number of para-hydroxylation sites is 3. The number of anilines is 1. The summed E-state index contributed by atoms with van der Waals surface area (Å²) in [7, 11) is 1.58. The topological polar surface area (TPSA) is 96.3 Å². The zero-order valence-electron chi connectivity index (χ0n) is 29.8. The van der Waals surface area contributed by atoms with Crippen LogP contribution in [0.5, 0.6) is 17.2 Å². The number of aryl methyl sites for hydroxylation is 1. The number of methoxy groups -OCH3 is 1. The molecular formula is C41H44KN3O6. The Labute approximate surface area is 342 Å². The Bertz CT molecular complexity index is 1900. The van der Waals surface area contributed by atoms with Crippen molar-refractivity contribution in [3.8, 4) is 17.2 Å². The van der Waals surface area contributed by atoms with E-state index in [2.05, 4.69) is 34.1 Å². The molecule has 0 spiro atoms. The summed E-state index contributed by atoms with van der Waals surface area (Å²) in [6, 6.07) is 31.5. The first-order valence-corrected chi connectivity index (χ1v) is 17.4. The van der Waals surface area contributed by atoms with Crippen molar-refractivity contribution in [2.75, 3.05) is 51.3 Å². The maximum absolute atomic E-state index is 13.9. The van der Waals surface area contributed by atoms with Crippen LogP contribution >= 0.6 is 0 Å². The molecule has 4 aromatic carbocycles. The number of rotatable bonds is 16. The van der Waals surface area contributed by atoms with Crippen molar-refractivity contribution >= 4 is 28.3 Å². The molecule has 1 fully saturated rings. The first kappa shape index (κ1) is 38.6. The van der Waals surface area contributed by atoms with E-state index in [4.69, 9.17) is 14.2 Å². The number of ether oxygens (including phenoxy) is 3. The van der Waals surface area contributed by atoms with E-state index < -0.39 is 5.97 Å². The molecule has 2 heterocycles. The zero-order chi connectivity index (χ0) is 34.9. The van der Waals surface area contributed by atoms with Gasteiger partial charge in [0.1, 0.15) is 11.9 Å². The number of aliphatic carboxylic acids is 1. The third kappa shape index (κ3) is 9.62. The standard InChI is InChI=1S/C41H45N3O6.K/c1-3-49-37-17-10-9-16-35(37)43-26-24-42(25-27-43)23-21-36(30-12-5-4-6-13-30)50-38-20-19-31(28-39(38)48-2)41(47)33-29-44(22-11-18-40(45)46)34-15-8-7-14-32(33)34;/h4-10,12-17,19-20,28-29,36H,3,11,18,21-27H2,1-2H3,(H,45,46);/q;+1/p-1/t36-;/m1./s1. The molecule has 0 amide bonds. The van der Waals surface area contributed by atoms with Gasteiger partial charge in [0.15, 0.2) is 17.3 Å². The van der Waals surface area contributed by atoms with Gasteiger partial charge in [-0.2, -0.15) is 0 Å². The molecule has 1 saturated heterocycles. The van der Waals surface area contributed by atoms with E-state index >= 15 is 0 Å². The molecular weight excluding hydrogens is 670 g/mol. The van der Waals surface area contributed by atoms with Crippen LogP contribution in [0.4, 0.5) is 5.69 Å². The van der Waals surface area contributed by atoms with Crippen LogP contribution in [0.2, 0.25) is 0 Å². The molecule has 0 unspecified atom stereocenters. The average Bonchev–Trinajstić information content (AvgIpc) is 3.52. The van der Waals surface area contributed by atoms with Crippen LogP contribution in [0.25, 0.3) is 10.9 Å². The normalized spacial score (nSPS) is 13.7. The van der Waals surface area contributed by atoms with Gasteiger partial charge in [0, 0.05) is 79.9 Å². The fraction of sp³-hybridized carbons (Fsp3) is 0.317. The van der Waals surface area contributed by atoms with Crippen LogP contribution in [0.15, 0.2) is 103 Å². The molecule has 0 saturated carbocycles. The second-order valence-electron chi connectivity index (χ2n) is 12.5. The molecule has 1 aromatic heterocycles. The number of carboxylic acid groups (broad SMARTS) is 1. The maximum Gasteiger partial charge on any atom is 1.00 e. The van der Waals surface area contributed by atoms with Crippen LogP contribution < -0.4 is 75.6 Å². The van der Waals surface area contributed by atoms with Gasteiger partial charge >= 0.3 is 51.4 Å². The molecule has 0 aliphatic carbocycles. The van der Waals surface area contributed by atoms with E-state index in [1.807, 2.05) is 78.4 Å². The van der Waals surface area contributed by atoms with E-state index in [0.29, 0.717) is 42.2 Å². The fourth-order valence-corrected chi connectivity index (χ4v) is 6.69. The summed E-state index contributed by atoms with van der Waals surface area (Å²) in [5, 5.41) is 11.8. The molecule has 1 atom stereocenters. The average molecular weight is 714 g/mol. The number of ketones is 1. The Morgan fingerprint density at radius 2 is 1.55 bits per heavy atom. The third-order valence-corrected chi connectivity index (χ3v) is 9.27. The van der Waals surface area contributed by atoms with Gasteiger partial charge < -0.3 is 33.6 Å². The first-order valence-electron chi connectivity index (χ1n) is 17.4. The molecule has 0 radical (unpaired) electrons. The Morgan fingerprint density at radius 3 is 2.29 bits per heavy atom. The zero-order valence-corrected chi connectivity index (χ0v) is 32.9. The minimum absolute atomic E-state index is 0. The summed E-state index contributed by atoms with van der Waals surface area (Å²) in [4.78, 5) is 29.7. The largest absolute Gasteiger partial charge is 1.00 e. The maximum atomic E-state index is 13.9. The Hall–Kier alpha value is -3.64. The minimum Gasteiger partial charge on any atom is -0.550 e. The Morgan fingerprint density at radius 1 is 0.824 bits per heavy atom. The van der Waals surface area contributed by atoms with Gasteiger partial charge in [-0.15, -0.1) is 0 Å². The van der Waals surface area contributed by atoms with Crippen LogP contribution in [0.3, 0.4) is 0 Å². The van der Waals surface area contributed by atoms with Crippen molar-refractivity contribution in [2.45, 2.75) is 38.8 Å². The molecule has 9 nitrogen and oxygen atoms in total. The number of aromatic nitrogens is 1. The molecule has 6 rings (SSSR count). The molecule has 5 aromatic rings. The predicted octanol–water partition coefficient (Wildman–Crippen LogP) is 3.15. The van der Waals surface area contributed by atoms with E-state index in [1.165, 1.54) is 0 Å². The number of piperazine rings is 1. The number of hydrogen-bond acceptors (Lipinski definition) is 8. The number of carboxylic acids is 1. The number of nitrogens with zero attached hydrogens (tertiary/aromatic N) is 3. The number of carbonyl (C=O) groups excluding carboxylic acids is 2. The number of fused-ring (bicyclic) bond motifs is 1. The van der Waals surface area contributed by atoms with Crippen molar-refractivity contribution in [1.29, 1.82) is 0 Å². The molecule has 0 N–H and O–H groups in total. The molecule has 51 heavy (non-hydrogen) atoms. The van der Waals surface area contributed by atoms with Gasteiger partial charge in [0.25, 0.3) is 0 Å². The van der Waals surface area contributed by atoms with E-state index in [1.54, 1.807) is 19.2 Å². The quantitative estimate of drug-likeness (QED) is 0.114. The van der Waals surface area contributed by atoms with Gasteiger partial charge in [-0.25, -0.2) is 0 Å². The SMILES string of the molecule is CCOc1ccccc1N1CCN(CC[C@@H](Oc2ccc(C(=O)c3cn(CCCC(=O)[O-])c4ccccc34)cc2OC)c2ccccc2)CC1.[K+]. The molecule has 1 aliphatic heterocycles. The fourth-order valence-electron chi connectivity index (χ4n) is 6.69. The second-order valence-corrected chi connectivity index (χ2v) is 12.5. The smallest absolute Gasteiger partial charge is 0.550 e. The van der Waals surface area contributed by atoms with E-state index in [9.17, 15) is 14.7 Å². The summed E-state index contributed by atoms with van der Waals surface area (Å²) in [6.07, 6.45) is 2.74. The summed E-state index contributed by atoms with van der Waals surface area (Å²) in [5.74, 6) is 0.754. The number of benzene rings is 4. The predicted molar refractivity (Wildman–Crippen MR) is 193 cm³/mol. The Balaban J connectivity index is 0.00000504. The summed E-state index contributed by atoms with van der Waals surface area (Å²) in [6.45, 7) is 7.71. The number of carbonyl (C=O) groups is 2. The molecule has 1 aliphatic rings. The monoisotopic (exact) mass is 713 g/mol. The van der Waals surface area contributed by atoms with Crippen LogP contribution in [-0.4, -0.2) is 67.7 Å². The molecule has 0 bridgehead atoms. The van der Waals surface area contributed by atoms with E-state index in [-0.39, 0.29) is 69.7 Å². The van der Waals surface area contributed by atoms with Gasteiger partial charge in [0.2, 0.25) is 0 Å². The number of hydrogen-bond donors (Lipinski definition) is 0. The second kappa shape index (κ2) is 18.7. The van der Waals surface area contributed by atoms with Gasteiger partial charge in [-0.1, -0.05) is 60.7 Å². The van der Waals surface area contributed by atoms with Crippen molar-refractivity contribution in [3.05, 3.63) is 120 Å². The van der Waals surface area contributed by atoms with Crippen molar-refractivity contribution in [1.82, 2.24) is 9.47 Å². The summed E-state index contributed by atoms with van der Waals surface area (Å²) >= 11 is 0. The molecule has 10 heteroatoms. The summed E-state index contributed by atoms with van der Waals surface area (Å²) in [5.41, 5.74) is 4.13. The van der Waals surface area contributed by atoms with Gasteiger partial charge in [-0.3, -0.25) is 9.69 Å². The first-order chi connectivity index (χ1) is 24.4. The van der Waals surface area contributed by atoms with Crippen LogP contribution in [0, 0.1) is 0 Å². The van der Waals surface area contributed by atoms with Gasteiger partial charge in [0.05, 0.1) is 19.4 Å². The van der Waals surface area contributed by atoms with Crippen LogP contribution in [-0.2, 0) is 11.3 Å².